The summed E-state index contributed by atoms with van der Waals surface area (Å²) >= 11 is 0. The van der Waals surface area contributed by atoms with Gasteiger partial charge in [0, 0.05) is 6.04 Å². The number of amides is 1. The first-order chi connectivity index (χ1) is 11.0. The first kappa shape index (κ1) is 17.1. The van der Waals surface area contributed by atoms with Crippen molar-refractivity contribution in [2.75, 3.05) is 0 Å². The van der Waals surface area contributed by atoms with Gasteiger partial charge in [0.05, 0.1) is 0 Å². The summed E-state index contributed by atoms with van der Waals surface area (Å²) in [6.45, 7) is 2.13. The minimum absolute atomic E-state index is 0.0943. The molecule has 0 aliphatic heterocycles. The molecule has 1 atom stereocenters. The summed E-state index contributed by atoms with van der Waals surface area (Å²) in [6.07, 6.45) is 0.172. The Labute approximate surface area is 136 Å². The van der Waals surface area contributed by atoms with E-state index in [9.17, 15) is 4.79 Å². The van der Waals surface area contributed by atoms with Gasteiger partial charge in [0.2, 0.25) is 0 Å². The average molecular weight is 313 g/mol. The monoisotopic (exact) mass is 313 g/mol. The quantitative estimate of drug-likeness (QED) is 0.701. The molecule has 0 heterocycles. The van der Waals surface area contributed by atoms with Gasteiger partial charge in [-0.2, -0.15) is 0 Å². The fraction of sp³-hybridized carbons (Fsp3) is 0.235. The van der Waals surface area contributed by atoms with Crippen molar-refractivity contribution in [1.82, 2.24) is 5.32 Å². The second kappa shape index (κ2) is 8.36. The van der Waals surface area contributed by atoms with Crippen molar-refractivity contribution in [3.8, 4) is 0 Å². The molecule has 5 nitrogen and oxygen atoms in total. The van der Waals surface area contributed by atoms with Gasteiger partial charge in [-0.1, -0.05) is 54.6 Å². The van der Waals surface area contributed by atoms with E-state index in [1.807, 2.05) is 49.4 Å². The Kier molecular flexibility index (Phi) is 6.20. The lowest BCUT2D eigenvalue weighted by Crippen LogP contribution is -2.34. The fourth-order valence-electron chi connectivity index (χ4n) is 2.20. The number of carbonyl (C=O) groups is 1. The van der Waals surface area contributed by atoms with E-state index in [1.165, 1.54) is 0 Å². The molecule has 0 saturated carbocycles. The van der Waals surface area contributed by atoms with Gasteiger partial charge in [0.25, 0.3) is 0 Å². The summed E-state index contributed by atoms with van der Waals surface area (Å²) in [4.78, 5) is 11.8. The van der Waals surface area contributed by atoms with Crippen LogP contribution < -0.4 is 10.8 Å². The zero-order valence-corrected chi connectivity index (χ0v) is 13.0. The van der Waals surface area contributed by atoms with Crippen LogP contribution in [0.25, 0.3) is 0 Å². The highest BCUT2D eigenvalue weighted by Crippen LogP contribution is 2.04. The van der Waals surface area contributed by atoms with Crippen molar-refractivity contribution >= 4 is 18.7 Å². The molecule has 2 aromatic rings. The smallest absolute Gasteiger partial charge is 0.445 e. The molecule has 0 aromatic heterocycles. The molecule has 0 aliphatic carbocycles. The molecule has 0 fully saturated rings. The highest BCUT2D eigenvalue weighted by atomic mass is 16.5. The number of ether oxygens (including phenoxy) is 1. The maximum atomic E-state index is 11.8. The topological polar surface area (TPSA) is 78.8 Å². The summed E-state index contributed by atoms with van der Waals surface area (Å²) in [5, 5.41) is 20.9. The Morgan fingerprint density at radius 1 is 1.09 bits per heavy atom. The maximum Gasteiger partial charge on any atom is 0.488 e. The van der Waals surface area contributed by atoms with E-state index in [2.05, 4.69) is 5.32 Å². The molecular weight excluding hydrogens is 293 g/mol. The van der Waals surface area contributed by atoms with Gasteiger partial charge < -0.3 is 20.1 Å². The predicted molar refractivity (Wildman–Crippen MR) is 89.2 cm³/mol. The third-order valence-electron chi connectivity index (χ3n) is 3.40. The summed E-state index contributed by atoms with van der Waals surface area (Å²) in [5.74, 6) is 0. The molecule has 2 rings (SSSR count). The van der Waals surface area contributed by atoms with E-state index in [1.54, 1.807) is 12.1 Å². The fourth-order valence-corrected chi connectivity index (χ4v) is 2.20. The van der Waals surface area contributed by atoms with Crippen LogP contribution in [0.5, 0.6) is 0 Å². The number of benzene rings is 2. The molecule has 0 radical (unpaired) electrons. The van der Waals surface area contributed by atoms with E-state index in [0.717, 1.165) is 11.1 Å². The molecule has 23 heavy (non-hydrogen) atoms. The van der Waals surface area contributed by atoms with Crippen LogP contribution in [0.1, 0.15) is 18.1 Å². The van der Waals surface area contributed by atoms with Crippen molar-refractivity contribution in [1.29, 1.82) is 0 Å². The molecule has 3 N–H and O–H groups in total. The zero-order valence-electron chi connectivity index (χ0n) is 13.0. The molecule has 0 unspecified atom stereocenters. The van der Waals surface area contributed by atoms with Crippen molar-refractivity contribution < 1.29 is 19.6 Å². The summed E-state index contributed by atoms with van der Waals surface area (Å²) < 4.78 is 5.17. The highest BCUT2D eigenvalue weighted by molar-refractivity contribution is 6.58. The Morgan fingerprint density at radius 3 is 2.35 bits per heavy atom. The first-order valence-corrected chi connectivity index (χ1v) is 7.47. The van der Waals surface area contributed by atoms with E-state index >= 15 is 0 Å². The summed E-state index contributed by atoms with van der Waals surface area (Å²) in [6, 6.07) is 16.3. The minimum atomic E-state index is -1.47. The Morgan fingerprint density at radius 2 is 1.74 bits per heavy atom. The van der Waals surface area contributed by atoms with Crippen molar-refractivity contribution in [3.63, 3.8) is 0 Å². The van der Waals surface area contributed by atoms with Crippen LogP contribution in [0, 0.1) is 0 Å². The zero-order chi connectivity index (χ0) is 16.7. The average Bonchev–Trinajstić information content (AvgIpc) is 2.54. The van der Waals surface area contributed by atoms with Gasteiger partial charge in [-0.25, -0.2) is 4.79 Å². The van der Waals surface area contributed by atoms with Crippen LogP contribution in [0.3, 0.4) is 0 Å². The normalized spacial score (nSPS) is 11.6. The van der Waals surface area contributed by atoms with E-state index < -0.39 is 13.2 Å². The van der Waals surface area contributed by atoms with Crippen LogP contribution >= 0.6 is 0 Å². The molecule has 0 aliphatic rings. The Balaban J connectivity index is 1.77. The lowest BCUT2D eigenvalue weighted by Gasteiger charge is -2.14. The van der Waals surface area contributed by atoms with Crippen molar-refractivity contribution in [2.24, 2.45) is 0 Å². The van der Waals surface area contributed by atoms with Crippen LogP contribution in [-0.4, -0.2) is 29.3 Å². The number of hydrogen-bond donors (Lipinski definition) is 3. The van der Waals surface area contributed by atoms with E-state index in [-0.39, 0.29) is 12.6 Å². The summed E-state index contributed by atoms with van der Waals surface area (Å²) in [5.41, 5.74) is 2.37. The van der Waals surface area contributed by atoms with E-state index in [4.69, 9.17) is 14.8 Å². The molecule has 1 amide bonds. The van der Waals surface area contributed by atoms with Gasteiger partial charge in [0.15, 0.2) is 0 Å². The van der Waals surface area contributed by atoms with Crippen molar-refractivity contribution in [2.45, 2.75) is 26.0 Å². The first-order valence-electron chi connectivity index (χ1n) is 7.47. The minimum Gasteiger partial charge on any atom is -0.445 e. The standard InChI is InChI=1S/C17H20BNO4/c1-13(11-14-7-9-16(10-8-14)18(21)22)19-17(20)23-12-15-5-3-2-4-6-15/h2-10,13,21-22H,11-12H2,1H3,(H,19,20)/t13-/m1/s1. The number of rotatable bonds is 6. The molecule has 0 saturated heterocycles. The predicted octanol–water partition coefficient (Wildman–Crippen LogP) is 1.22. The number of nitrogens with one attached hydrogen (secondary N) is 1. The third kappa shape index (κ3) is 5.77. The molecule has 120 valence electrons. The molecule has 2 aromatic carbocycles. The number of carbonyl (C=O) groups excluding carboxylic acids is 1. The highest BCUT2D eigenvalue weighted by Gasteiger charge is 2.12. The van der Waals surface area contributed by atoms with Gasteiger partial charge in [0.1, 0.15) is 6.61 Å². The van der Waals surface area contributed by atoms with Crippen molar-refractivity contribution in [3.05, 3.63) is 65.7 Å². The van der Waals surface area contributed by atoms with Gasteiger partial charge in [-0.3, -0.25) is 0 Å². The second-order valence-electron chi connectivity index (χ2n) is 5.43. The summed E-state index contributed by atoms with van der Waals surface area (Å²) in [7, 11) is -1.47. The van der Waals surface area contributed by atoms with Crippen LogP contribution in [0.2, 0.25) is 0 Å². The van der Waals surface area contributed by atoms with Gasteiger partial charge >= 0.3 is 13.2 Å². The molecule has 6 heteroatoms. The molecule has 0 bridgehead atoms. The lowest BCUT2D eigenvalue weighted by molar-refractivity contribution is 0.136. The molecule has 0 spiro atoms. The van der Waals surface area contributed by atoms with Crippen LogP contribution in [-0.2, 0) is 17.8 Å². The van der Waals surface area contributed by atoms with Crippen LogP contribution in [0.15, 0.2) is 54.6 Å². The largest absolute Gasteiger partial charge is 0.488 e. The second-order valence-corrected chi connectivity index (χ2v) is 5.43. The number of hydrogen-bond acceptors (Lipinski definition) is 4. The van der Waals surface area contributed by atoms with E-state index in [0.29, 0.717) is 11.9 Å². The number of alkyl carbamates (subject to hydrolysis) is 1. The molecular formula is C17H20BNO4. The Bertz CT molecular complexity index is 616. The maximum absolute atomic E-state index is 11.8. The SMILES string of the molecule is C[C@H](Cc1ccc(B(O)O)cc1)NC(=O)OCc1ccccc1. The van der Waals surface area contributed by atoms with Crippen LogP contribution in [0.4, 0.5) is 4.79 Å². The third-order valence-corrected chi connectivity index (χ3v) is 3.40. The lowest BCUT2D eigenvalue weighted by atomic mass is 9.80. The Hall–Kier alpha value is -2.31. The van der Waals surface area contributed by atoms with Gasteiger partial charge in [-0.05, 0) is 29.9 Å². The van der Waals surface area contributed by atoms with Gasteiger partial charge in [-0.15, -0.1) is 0 Å².